The van der Waals surface area contributed by atoms with Gasteiger partial charge in [0.15, 0.2) is 0 Å². The van der Waals surface area contributed by atoms with Crippen LogP contribution >= 0.6 is 0 Å². The minimum absolute atomic E-state index is 0.692. The average molecular weight is 174 g/mol. The lowest BCUT2D eigenvalue weighted by Gasteiger charge is -2.12. The molecule has 0 aliphatic heterocycles. The number of benzene rings is 1. The van der Waals surface area contributed by atoms with E-state index in [-0.39, 0.29) is 0 Å². The molecule has 0 bridgehead atoms. The van der Waals surface area contributed by atoms with Crippen molar-refractivity contribution in [1.29, 1.82) is 0 Å². The number of allylic oxidation sites excluding steroid dienone is 2. The summed E-state index contributed by atoms with van der Waals surface area (Å²) in [6.45, 7) is 4.33. The maximum Gasteiger partial charge on any atom is -0.0130 e. The van der Waals surface area contributed by atoms with Crippen LogP contribution in [0.15, 0.2) is 42.5 Å². The van der Waals surface area contributed by atoms with E-state index in [0.717, 1.165) is 6.42 Å². The first-order valence-corrected chi connectivity index (χ1v) is 5.04. The molecule has 0 aromatic heterocycles. The van der Waals surface area contributed by atoms with Gasteiger partial charge in [0.2, 0.25) is 0 Å². The largest absolute Gasteiger partial charge is 0.0916 e. The Labute approximate surface area is 81.3 Å². The molecule has 0 nitrogen and oxygen atoms in total. The first-order chi connectivity index (χ1) is 6.38. The first kappa shape index (κ1) is 10.0. The molecular weight excluding hydrogens is 156 g/mol. The maximum atomic E-state index is 2.25. The molecule has 0 amide bonds. The van der Waals surface area contributed by atoms with Gasteiger partial charge in [0, 0.05) is 0 Å². The van der Waals surface area contributed by atoms with Gasteiger partial charge in [-0.25, -0.2) is 0 Å². The lowest BCUT2D eigenvalue weighted by atomic mass is 9.93. The van der Waals surface area contributed by atoms with E-state index in [0.29, 0.717) is 5.92 Å². The zero-order valence-electron chi connectivity index (χ0n) is 8.53. The molecule has 0 aliphatic rings. The number of rotatable bonds is 4. The Morgan fingerprint density at radius 1 is 1.23 bits per heavy atom. The van der Waals surface area contributed by atoms with Crippen molar-refractivity contribution in [1.82, 2.24) is 0 Å². The van der Waals surface area contributed by atoms with E-state index in [4.69, 9.17) is 0 Å². The first-order valence-electron chi connectivity index (χ1n) is 5.04. The van der Waals surface area contributed by atoms with E-state index in [1.54, 1.807) is 0 Å². The van der Waals surface area contributed by atoms with Gasteiger partial charge in [-0.05, 0) is 31.2 Å². The lowest BCUT2D eigenvalue weighted by molar-refractivity contribution is 0.674. The zero-order valence-corrected chi connectivity index (χ0v) is 8.53. The summed E-state index contributed by atoms with van der Waals surface area (Å²) < 4.78 is 0. The predicted molar refractivity (Wildman–Crippen MR) is 58.9 cm³/mol. The van der Waals surface area contributed by atoms with Crippen molar-refractivity contribution in [3.8, 4) is 0 Å². The SMILES string of the molecule is C/C=C/CC(CC)c1ccccc1. The van der Waals surface area contributed by atoms with Crippen LogP contribution in [0.1, 0.15) is 38.2 Å². The summed E-state index contributed by atoms with van der Waals surface area (Å²) in [5.74, 6) is 0.692. The molecule has 13 heavy (non-hydrogen) atoms. The van der Waals surface area contributed by atoms with Gasteiger partial charge in [-0.3, -0.25) is 0 Å². The van der Waals surface area contributed by atoms with E-state index in [9.17, 15) is 0 Å². The molecule has 0 fully saturated rings. The number of hydrogen-bond donors (Lipinski definition) is 0. The molecule has 70 valence electrons. The summed E-state index contributed by atoms with van der Waals surface area (Å²) in [5, 5.41) is 0. The van der Waals surface area contributed by atoms with Gasteiger partial charge in [0.25, 0.3) is 0 Å². The van der Waals surface area contributed by atoms with Gasteiger partial charge in [-0.2, -0.15) is 0 Å². The van der Waals surface area contributed by atoms with Crippen molar-refractivity contribution in [3.05, 3.63) is 48.0 Å². The fraction of sp³-hybridized carbons (Fsp3) is 0.385. The highest BCUT2D eigenvalue weighted by atomic mass is 14.1. The van der Waals surface area contributed by atoms with Crippen LogP contribution in [0, 0.1) is 0 Å². The fourth-order valence-electron chi connectivity index (χ4n) is 1.56. The van der Waals surface area contributed by atoms with Gasteiger partial charge >= 0.3 is 0 Å². The van der Waals surface area contributed by atoms with Crippen molar-refractivity contribution in [2.24, 2.45) is 0 Å². The Balaban J connectivity index is 2.67. The van der Waals surface area contributed by atoms with Crippen LogP contribution in [0.25, 0.3) is 0 Å². The third-order valence-electron chi connectivity index (χ3n) is 2.42. The van der Waals surface area contributed by atoms with Crippen molar-refractivity contribution in [3.63, 3.8) is 0 Å². The van der Waals surface area contributed by atoms with E-state index in [1.807, 2.05) is 0 Å². The Bertz CT molecular complexity index is 246. The molecule has 0 spiro atoms. The van der Waals surface area contributed by atoms with Crippen molar-refractivity contribution < 1.29 is 0 Å². The second kappa shape index (κ2) is 5.58. The summed E-state index contributed by atoms with van der Waals surface area (Å²) in [4.78, 5) is 0. The Morgan fingerprint density at radius 3 is 2.46 bits per heavy atom. The molecule has 0 heteroatoms. The minimum atomic E-state index is 0.692. The third kappa shape index (κ3) is 3.06. The van der Waals surface area contributed by atoms with Crippen molar-refractivity contribution in [2.45, 2.75) is 32.6 Å². The molecule has 1 unspecified atom stereocenters. The Morgan fingerprint density at radius 2 is 1.92 bits per heavy atom. The molecule has 0 aliphatic carbocycles. The maximum absolute atomic E-state index is 2.25. The van der Waals surface area contributed by atoms with Crippen LogP contribution in [0.2, 0.25) is 0 Å². The highest BCUT2D eigenvalue weighted by Crippen LogP contribution is 2.22. The van der Waals surface area contributed by atoms with Gasteiger partial charge in [-0.15, -0.1) is 0 Å². The summed E-state index contributed by atoms with van der Waals surface area (Å²) in [6, 6.07) is 10.8. The molecule has 0 radical (unpaired) electrons. The molecule has 1 rings (SSSR count). The van der Waals surface area contributed by atoms with Crippen LogP contribution in [0.4, 0.5) is 0 Å². The normalized spacial score (nSPS) is 13.4. The third-order valence-corrected chi connectivity index (χ3v) is 2.42. The highest BCUT2D eigenvalue weighted by Gasteiger charge is 2.05. The highest BCUT2D eigenvalue weighted by molar-refractivity contribution is 5.20. The summed E-state index contributed by atoms with van der Waals surface area (Å²) in [7, 11) is 0. The summed E-state index contributed by atoms with van der Waals surface area (Å²) in [5.41, 5.74) is 1.46. The molecule has 0 saturated carbocycles. The minimum Gasteiger partial charge on any atom is -0.0916 e. The Hall–Kier alpha value is -1.04. The van der Waals surface area contributed by atoms with E-state index < -0.39 is 0 Å². The fourth-order valence-corrected chi connectivity index (χ4v) is 1.56. The van der Waals surface area contributed by atoms with Gasteiger partial charge in [-0.1, -0.05) is 49.4 Å². The second-order valence-corrected chi connectivity index (χ2v) is 3.32. The van der Waals surface area contributed by atoms with Crippen molar-refractivity contribution in [2.75, 3.05) is 0 Å². The zero-order chi connectivity index (χ0) is 9.52. The van der Waals surface area contributed by atoms with Crippen LogP contribution in [0.3, 0.4) is 0 Å². The van der Waals surface area contributed by atoms with Gasteiger partial charge in [0.05, 0.1) is 0 Å². The number of hydrogen-bond acceptors (Lipinski definition) is 0. The lowest BCUT2D eigenvalue weighted by Crippen LogP contribution is -1.94. The topological polar surface area (TPSA) is 0 Å². The van der Waals surface area contributed by atoms with Gasteiger partial charge in [0.1, 0.15) is 0 Å². The van der Waals surface area contributed by atoms with E-state index >= 15 is 0 Å². The molecule has 0 N–H and O–H groups in total. The second-order valence-electron chi connectivity index (χ2n) is 3.32. The predicted octanol–water partition coefficient (Wildman–Crippen LogP) is 4.15. The van der Waals surface area contributed by atoms with Crippen molar-refractivity contribution >= 4 is 0 Å². The summed E-state index contributed by atoms with van der Waals surface area (Å²) >= 11 is 0. The van der Waals surface area contributed by atoms with E-state index in [2.05, 4.69) is 56.3 Å². The molecule has 1 aromatic carbocycles. The molecule has 0 heterocycles. The van der Waals surface area contributed by atoms with Crippen LogP contribution in [-0.4, -0.2) is 0 Å². The molecule has 1 atom stereocenters. The molecule has 0 saturated heterocycles. The monoisotopic (exact) mass is 174 g/mol. The quantitative estimate of drug-likeness (QED) is 0.602. The molecule has 1 aromatic rings. The van der Waals surface area contributed by atoms with Crippen LogP contribution < -0.4 is 0 Å². The average Bonchev–Trinajstić information content (AvgIpc) is 2.21. The van der Waals surface area contributed by atoms with Crippen LogP contribution in [-0.2, 0) is 0 Å². The van der Waals surface area contributed by atoms with Crippen LogP contribution in [0.5, 0.6) is 0 Å². The smallest absolute Gasteiger partial charge is 0.0130 e. The standard InChI is InChI=1S/C13H18/c1-3-5-9-12(4-2)13-10-7-6-8-11-13/h3,5-8,10-12H,4,9H2,1-2H3/b5-3+. The van der Waals surface area contributed by atoms with E-state index in [1.165, 1.54) is 12.0 Å². The van der Waals surface area contributed by atoms with Gasteiger partial charge < -0.3 is 0 Å². The Kier molecular flexibility index (Phi) is 4.31. The molecular formula is C13H18. The summed E-state index contributed by atoms with van der Waals surface area (Å²) in [6.07, 6.45) is 6.76.